The zero-order valence-corrected chi connectivity index (χ0v) is 13.6. The summed E-state index contributed by atoms with van der Waals surface area (Å²) in [5.74, 6) is 3.86. The van der Waals surface area contributed by atoms with Gasteiger partial charge >= 0.3 is 0 Å². The first-order valence-corrected chi connectivity index (χ1v) is 8.69. The van der Waals surface area contributed by atoms with Crippen molar-refractivity contribution in [1.29, 1.82) is 0 Å². The van der Waals surface area contributed by atoms with Crippen LogP contribution in [0.25, 0.3) is 0 Å². The van der Waals surface area contributed by atoms with Gasteiger partial charge in [0.25, 0.3) is 5.91 Å². The summed E-state index contributed by atoms with van der Waals surface area (Å²) in [4.78, 5) is 12.7. The van der Waals surface area contributed by atoms with Crippen LogP contribution in [0, 0.1) is 23.7 Å². The van der Waals surface area contributed by atoms with Crippen molar-refractivity contribution in [3.63, 3.8) is 0 Å². The number of halogens is 1. The lowest BCUT2D eigenvalue weighted by atomic mass is 9.79. The predicted octanol–water partition coefficient (Wildman–Crippen LogP) is 3.90. The summed E-state index contributed by atoms with van der Waals surface area (Å²) < 4.78 is 5.30. The molecule has 0 heterocycles. The molecule has 3 saturated carbocycles. The lowest BCUT2D eigenvalue weighted by Crippen LogP contribution is -2.42. The van der Waals surface area contributed by atoms with Crippen molar-refractivity contribution in [2.75, 3.05) is 7.11 Å². The van der Waals surface area contributed by atoms with Gasteiger partial charge < -0.3 is 10.1 Å². The third kappa shape index (κ3) is 2.21. The molecule has 4 rings (SSSR count). The molecule has 3 aliphatic rings. The van der Waals surface area contributed by atoms with Crippen LogP contribution in [0.2, 0.25) is 5.02 Å². The third-order valence-corrected chi connectivity index (χ3v) is 6.39. The molecule has 3 nitrogen and oxygen atoms in total. The van der Waals surface area contributed by atoms with Crippen molar-refractivity contribution in [2.24, 2.45) is 23.7 Å². The molecule has 4 heteroatoms. The first-order chi connectivity index (χ1) is 10.7. The number of hydrogen-bond donors (Lipinski definition) is 1. The quantitative estimate of drug-likeness (QED) is 0.917. The van der Waals surface area contributed by atoms with Gasteiger partial charge in [-0.15, -0.1) is 0 Å². The zero-order chi connectivity index (χ0) is 15.3. The van der Waals surface area contributed by atoms with Gasteiger partial charge in [-0.1, -0.05) is 18.0 Å². The van der Waals surface area contributed by atoms with E-state index in [1.165, 1.54) is 25.7 Å². The van der Waals surface area contributed by atoms with E-state index in [1.807, 2.05) is 0 Å². The second-order valence-corrected chi connectivity index (χ2v) is 7.51. The minimum absolute atomic E-state index is 0.0496. The molecule has 1 aromatic rings. The number of carbonyl (C=O) groups is 1. The number of benzene rings is 1. The van der Waals surface area contributed by atoms with E-state index in [2.05, 4.69) is 5.32 Å². The molecular formula is C18H22ClNO2. The molecule has 5 unspecified atom stereocenters. The van der Waals surface area contributed by atoms with E-state index >= 15 is 0 Å². The molecule has 118 valence electrons. The van der Waals surface area contributed by atoms with Gasteiger partial charge in [0.05, 0.1) is 12.7 Å². The van der Waals surface area contributed by atoms with Crippen LogP contribution in [-0.4, -0.2) is 19.1 Å². The number of amides is 1. The number of hydrogen-bond acceptors (Lipinski definition) is 2. The van der Waals surface area contributed by atoms with Crippen molar-refractivity contribution in [2.45, 2.75) is 38.1 Å². The summed E-state index contributed by atoms with van der Waals surface area (Å²) in [6, 6.07) is 5.53. The summed E-state index contributed by atoms with van der Waals surface area (Å²) >= 11 is 6.03. The third-order valence-electron chi connectivity index (χ3n) is 6.15. The largest absolute Gasteiger partial charge is 0.496 e. The molecule has 22 heavy (non-hydrogen) atoms. The summed E-state index contributed by atoms with van der Waals surface area (Å²) in [7, 11) is 1.58. The van der Waals surface area contributed by atoms with Crippen LogP contribution in [0.3, 0.4) is 0 Å². The Bertz CT molecular complexity index is 603. The van der Waals surface area contributed by atoms with Crippen LogP contribution < -0.4 is 10.1 Å². The summed E-state index contributed by atoms with van der Waals surface area (Å²) in [6.07, 6.45) is 6.62. The molecule has 3 aliphatic carbocycles. The SMILES string of the molecule is COc1ccc(Cl)cc1C(=O)NC1CC2CC1C1CCCC21. The van der Waals surface area contributed by atoms with E-state index in [0.29, 0.717) is 28.3 Å². The first-order valence-electron chi connectivity index (χ1n) is 8.32. The van der Waals surface area contributed by atoms with Gasteiger partial charge in [-0.3, -0.25) is 4.79 Å². The van der Waals surface area contributed by atoms with Crippen molar-refractivity contribution in [3.8, 4) is 5.75 Å². The summed E-state index contributed by atoms with van der Waals surface area (Å²) in [5, 5.41) is 3.83. The van der Waals surface area contributed by atoms with Crippen LogP contribution >= 0.6 is 11.6 Å². The Morgan fingerprint density at radius 1 is 1.23 bits per heavy atom. The lowest BCUT2D eigenvalue weighted by molar-refractivity contribution is 0.0898. The van der Waals surface area contributed by atoms with E-state index in [4.69, 9.17) is 16.3 Å². The number of nitrogens with one attached hydrogen (secondary N) is 1. The van der Waals surface area contributed by atoms with E-state index in [-0.39, 0.29) is 5.91 Å². The summed E-state index contributed by atoms with van der Waals surface area (Å²) in [6.45, 7) is 0. The maximum absolute atomic E-state index is 12.7. The highest BCUT2D eigenvalue weighted by molar-refractivity contribution is 6.31. The van der Waals surface area contributed by atoms with Gasteiger partial charge in [0.15, 0.2) is 0 Å². The molecular weight excluding hydrogens is 298 g/mol. The minimum Gasteiger partial charge on any atom is -0.496 e. The predicted molar refractivity (Wildman–Crippen MR) is 86.3 cm³/mol. The van der Waals surface area contributed by atoms with Crippen molar-refractivity contribution in [1.82, 2.24) is 5.32 Å². The molecule has 1 N–H and O–H groups in total. The van der Waals surface area contributed by atoms with Gasteiger partial charge in [0, 0.05) is 11.1 Å². The fraction of sp³-hybridized carbons (Fsp3) is 0.611. The van der Waals surface area contributed by atoms with Gasteiger partial charge in [0.2, 0.25) is 0 Å². The van der Waals surface area contributed by atoms with E-state index < -0.39 is 0 Å². The highest BCUT2D eigenvalue weighted by Crippen LogP contribution is 2.58. The molecule has 0 spiro atoms. The van der Waals surface area contributed by atoms with Crippen molar-refractivity contribution >= 4 is 17.5 Å². The average Bonchev–Trinajstić information content (AvgIpc) is 3.19. The minimum atomic E-state index is -0.0496. The highest BCUT2D eigenvalue weighted by Gasteiger charge is 2.54. The van der Waals surface area contributed by atoms with Crippen LogP contribution in [0.4, 0.5) is 0 Å². The van der Waals surface area contributed by atoms with Crippen LogP contribution in [0.1, 0.15) is 42.5 Å². The van der Waals surface area contributed by atoms with Gasteiger partial charge in [0.1, 0.15) is 5.75 Å². The molecule has 5 atom stereocenters. The number of fused-ring (bicyclic) bond motifs is 5. The molecule has 0 saturated heterocycles. The van der Waals surface area contributed by atoms with E-state index in [0.717, 1.165) is 24.2 Å². The van der Waals surface area contributed by atoms with Crippen LogP contribution in [-0.2, 0) is 0 Å². The molecule has 1 amide bonds. The summed E-state index contributed by atoms with van der Waals surface area (Å²) in [5.41, 5.74) is 0.542. The number of carbonyl (C=O) groups excluding carboxylic acids is 1. The molecule has 0 radical (unpaired) electrons. The fourth-order valence-electron chi connectivity index (χ4n) is 5.34. The maximum Gasteiger partial charge on any atom is 0.255 e. The topological polar surface area (TPSA) is 38.3 Å². The van der Waals surface area contributed by atoms with Gasteiger partial charge in [-0.2, -0.15) is 0 Å². The number of rotatable bonds is 3. The molecule has 0 aliphatic heterocycles. The lowest BCUT2D eigenvalue weighted by Gasteiger charge is -2.32. The monoisotopic (exact) mass is 319 g/mol. The van der Waals surface area contributed by atoms with Gasteiger partial charge in [-0.25, -0.2) is 0 Å². The van der Waals surface area contributed by atoms with Crippen molar-refractivity contribution in [3.05, 3.63) is 28.8 Å². The fourth-order valence-corrected chi connectivity index (χ4v) is 5.51. The van der Waals surface area contributed by atoms with Gasteiger partial charge in [-0.05, 0) is 67.6 Å². The Morgan fingerprint density at radius 3 is 2.86 bits per heavy atom. The Morgan fingerprint density at radius 2 is 2.05 bits per heavy atom. The second-order valence-electron chi connectivity index (χ2n) is 7.08. The van der Waals surface area contributed by atoms with Crippen LogP contribution in [0.5, 0.6) is 5.75 Å². The Kier molecular flexibility index (Phi) is 3.56. The van der Waals surface area contributed by atoms with E-state index in [1.54, 1.807) is 25.3 Å². The highest BCUT2D eigenvalue weighted by atomic mass is 35.5. The van der Waals surface area contributed by atoms with Crippen LogP contribution in [0.15, 0.2) is 18.2 Å². The second kappa shape index (κ2) is 5.45. The zero-order valence-electron chi connectivity index (χ0n) is 12.8. The van der Waals surface area contributed by atoms with Crippen molar-refractivity contribution < 1.29 is 9.53 Å². The average molecular weight is 320 g/mol. The molecule has 3 fully saturated rings. The molecule has 2 bridgehead atoms. The Hall–Kier alpha value is -1.22. The maximum atomic E-state index is 12.7. The molecule has 0 aromatic heterocycles. The standard InChI is InChI=1S/C18H22ClNO2/c1-22-17-6-5-11(19)9-15(17)18(21)20-16-8-10-7-14(16)13-4-2-3-12(10)13/h5-6,9-10,12-14,16H,2-4,7-8H2,1H3,(H,20,21). The smallest absolute Gasteiger partial charge is 0.255 e. The van der Waals surface area contributed by atoms with E-state index in [9.17, 15) is 4.79 Å². The Labute approximate surface area is 136 Å². The normalized spacial score (nSPS) is 35.5. The Balaban J connectivity index is 1.50. The number of ether oxygens (including phenoxy) is 1. The number of methoxy groups -OCH3 is 1. The molecule has 1 aromatic carbocycles. The first kappa shape index (κ1) is 14.4.